The molecule has 0 aliphatic heterocycles. The minimum atomic E-state index is 1.11. The van der Waals surface area contributed by atoms with E-state index in [0.717, 1.165) is 12.8 Å². The Hall–Kier alpha value is -3.32. The molecule has 4 aromatic carbocycles. The third-order valence-electron chi connectivity index (χ3n) is 6.22. The number of hydrogen-bond donors (Lipinski definition) is 0. The van der Waals surface area contributed by atoms with E-state index in [1.54, 1.807) is 0 Å². The summed E-state index contributed by atoms with van der Waals surface area (Å²) in [5.74, 6) is 0. The van der Waals surface area contributed by atoms with Gasteiger partial charge in [-0.3, -0.25) is 0 Å². The summed E-state index contributed by atoms with van der Waals surface area (Å²) < 4.78 is 2.40. The zero-order chi connectivity index (χ0) is 20.7. The fourth-order valence-corrected chi connectivity index (χ4v) is 4.77. The first-order valence-electron chi connectivity index (χ1n) is 10.9. The van der Waals surface area contributed by atoms with E-state index >= 15 is 0 Å². The summed E-state index contributed by atoms with van der Waals surface area (Å²) in [4.78, 5) is 0. The molecule has 0 unspecified atom stereocenters. The maximum atomic E-state index is 2.40. The summed E-state index contributed by atoms with van der Waals surface area (Å²) in [5, 5.41) is 2.68. The minimum absolute atomic E-state index is 1.11. The average Bonchev–Trinajstić information content (AvgIpc) is 3.11. The summed E-state index contributed by atoms with van der Waals surface area (Å²) in [6.45, 7) is 6.67. The van der Waals surface area contributed by atoms with Crippen molar-refractivity contribution in [2.75, 3.05) is 0 Å². The molecular formula is C29H27N. The van der Waals surface area contributed by atoms with E-state index in [-0.39, 0.29) is 0 Å². The van der Waals surface area contributed by atoms with Crippen molar-refractivity contribution in [3.05, 3.63) is 102 Å². The Morgan fingerprint density at radius 2 is 1.40 bits per heavy atom. The molecule has 0 saturated heterocycles. The van der Waals surface area contributed by atoms with Gasteiger partial charge in [-0.1, -0.05) is 79.6 Å². The lowest BCUT2D eigenvalue weighted by molar-refractivity contribution is 0.923. The average molecular weight is 390 g/mol. The smallest absolute Gasteiger partial charge is 0.0544 e. The number of benzene rings is 4. The van der Waals surface area contributed by atoms with E-state index in [1.165, 1.54) is 55.3 Å². The second-order valence-corrected chi connectivity index (χ2v) is 8.23. The van der Waals surface area contributed by atoms with E-state index in [2.05, 4.69) is 110 Å². The van der Waals surface area contributed by atoms with Crippen LogP contribution in [-0.4, -0.2) is 4.57 Å². The number of hydrogen-bond acceptors (Lipinski definition) is 0. The van der Waals surface area contributed by atoms with E-state index in [9.17, 15) is 0 Å². The van der Waals surface area contributed by atoms with E-state index < -0.39 is 0 Å². The Bertz CT molecular complexity index is 1350. The Morgan fingerprint density at radius 3 is 2.20 bits per heavy atom. The number of nitrogens with zero attached hydrogens (tertiary/aromatic N) is 1. The molecule has 1 nitrogen and oxygen atoms in total. The lowest BCUT2D eigenvalue weighted by Gasteiger charge is -2.14. The fourth-order valence-electron chi connectivity index (χ4n) is 4.77. The zero-order valence-electron chi connectivity index (χ0n) is 17.9. The first-order valence-corrected chi connectivity index (χ1v) is 10.9. The molecule has 0 bridgehead atoms. The lowest BCUT2D eigenvalue weighted by atomic mass is 9.92. The van der Waals surface area contributed by atoms with Gasteiger partial charge in [-0.25, -0.2) is 0 Å². The quantitative estimate of drug-likeness (QED) is 0.293. The summed E-state index contributed by atoms with van der Waals surface area (Å²) in [6.07, 6.45) is 2.27. The Kier molecular flexibility index (Phi) is 4.67. The molecule has 1 aromatic heterocycles. The van der Waals surface area contributed by atoms with Crippen LogP contribution in [0.5, 0.6) is 0 Å². The number of para-hydroxylation sites is 1. The van der Waals surface area contributed by atoms with Gasteiger partial charge in [-0.05, 0) is 66.8 Å². The second kappa shape index (κ2) is 7.50. The van der Waals surface area contributed by atoms with Crippen molar-refractivity contribution in [1.82, 2.24) is 4.57 Å². The van der Waals surface area contributed by atoms with Crippen molar-refractivity contribution in [3.63, 3.8) is 0 Å². The van der Waals surface area contributed by atoms with E-state index in [0.29, 0.717) is 0 Å². The van der Waals surface area contributed by atoms with Crippen LogP contribution < -0.4 is 0 Å². The number of aryl methyl sites for hydroxylation is 3. The number of aromatic nitrogens is 1. The molecule has 0 atom stereocenters. The van der Waals surface area contributed by atoms with Crippen LogP contribution in [0, 0.1) is 13.8 Å². The summed E-state index contributed by atoms with van der Waals surface area (Å²) in [7, 11) is 0. The maximum absolute atomic E-state index is 2.40. The summed E-state index contributed by atoms with van der Waals surface area (Å²) in [5.41, 5.74) is 10.5. The van der Waals surface area contributed by atoms with Crippen LogP contribution in [0.15, 0.2) is 84.9 Å². The Morgan fingerprint density at radius 1 is 0.667 bits per heavy atom. The molecule has 148 valence electrons. The molecule has 5 rings (SSSR count). The maximum Gasteiger partial charge on any atom is 0.0544 e. The zero-order valence-corrected chi connectivity index (χ0v) is 17.9. The predicted molar refractivity (Wildman–Crippen MR) is 130 cm³/mol. The summed E-state index contributed by atoms with van der Waals surface area (Å²) >= 11 is 0. The van der Waals surface area contributed by atoms with Crippen molar-refractivity contribution in [3.8, 4) is 16.8 Å². The highest BCUT2D eigenvalue weighted by Gasteiger charge is 2.17. The molecule has 0 N–H and O–H groups in total. The SMILES string of the molecule is CCCc1ccccc1-c1ccc2c(c1C)c1ccccc1n2-c1ccc(C)cc1. The van der Waals surface area contributed by atoms with Crippen LogP contribution in [-0.2, 0) is 6.42 Å². The summed E-state index contributed by atoms with van der Waals surface area (Å²) in [6, 6.07) is 31.1. The van der Waals surface area contributed by atoms with Gasteiger partial charge >= 0.3 is 0 Å². The van der Waals surface area contributed by atoms with Crippen LogP contribution in [0.2, 0.25) is 0 Å². The lowest BCUT2D eigenvalue weighted by Crippen LogP contribution is -1.95. The van der Waals surface area contributed by atoms with Gasteiger partial charge in [-0.2, -0.15) is 0 Å². The molecule has 0 aliphatic rings. The van der Waals surface area contributed by atoms with Crippen LogP contribution in [0.1, 0.15) is 30.0 Å². The first-order chi connectivity index (χ1) is 14.7. The third kappa shape index (κ3) is 2.93. The van der Waals surface area contributed by atoms with Gasteiger partial charge in [0.1, 0.15) is 0 Å². The van der Waals surface area contributed by atoms with E-state index in [4.69, 9.17) is 0 Å². The normalized spacial score (nSPS) is 11.4. The van der Waals surface area contributed by atoms with Crippen LogP contribution in [0.25, 0.3) is 38.6 Å². The van der Waals surface area contributed by atoms with Crippen LogP contribution >= 0.6 is 0 Å². The van der Waals surface area contributed by atoms with Crippen LogP contribution in [0.4, 0.5) is 0 Å². The van der Waals surface area contributed by atoms with Crippen molar-refractivity contribution in [1.29, 1.82) is 0 Å². The monoisotopic (exact) mass is 389 g/mol. The van der Waals surface area contributed by atoms with Gasteiger partial charge < -0.3 is 4.57 Å². The van der Waals surface area contributed by atoms with Gasteiger partial charge in [0.15, 0.2) is 0 Å². The van der Waals surface area contributed by atoms with Crippen molar-refractivity contribution < 1.29 is 0 Å². The van der Waals surface area contributed by atoms with Gasteiger partial charge in [0.25, 0.3) is 0 Å². The van der Waals surface area contributed by atoms with Crippen molar-refractivity contribution in [2.24, 2.45) is 0 Å². The topological polar surface area (TPSA) is 4.93 Å². The van der Waals surface area contributed by atoms with E-state index in [1.807, 2.05) is 0 Å². The largest absolute Gasteiger partial charge is 0.309 e. The third-order valence-corrected chi connectivity index (χ3v) is 6.22. The molecule has 0 fully saturated rings. The molecule has 0 spiro atoms. The molecule has 5 aromatic rings. The highest BCUT2D eigenvalue weighted by atomic mass is 15.0. The Labute approximate surface area is 178 Å². The molecule has 0 radical (unpaired) electrons. The number of rotatable bonds is 4. The molecule has 1 heterocycles. The minimum Gasteiger partial charge on any atom is -0.309 e. The predicted octanol–water partition coefficient (Wildman–Crippen LogP) is 8.02. The first kappa shape index (κ1) is 18.7. The second-order valence-electron chi connectivity index (χ2n) is 8.23. The van der Waals surface area contributed by atoms with Crippen molar-refractivity contribution in [2.45, 2.75) is 33.6 Å². The van der Waals surface area contributed by atoms with Gasteiger partial charge in [0.2, 0.25) is 0 Å². The number of fused-ring (bicyclic) bond motifs is 3. The molecule has 0 aliphatic carbocycles. The van der Waals surface area contributed by atoms with Crippen LogP contribution in [0.3, 0.4) is 0 Å². The van der Waals surface area contributed by atoms with Crippen molar-refractivity contribution >= 4 is 21.8 Å². The Balaban J connectivity index is 1.84. The highest BCUT2D eigenvalue weighted by Crippen LogP contribution is 2.39. The van der Waals surface area contributed by atoms with Gasteiger partial charge in [-0.15, -0.1) is 0 Å². The standard InChI is InChI=1S/C29H27N/c1-4-9-22-10-5-6-11-25(22)24-18-19-28-29(21(24)3)26-12-7-8-13-27(26)30(28)23-16-14-20(2)15-17-23/h5-8,10-19H,4,9H2,1-3H3. The fraction of sp³-hybridized carbons (Fsp3) is 0.172. The van der Waals surface area contributed by atoms with Gasteiger partial charge in [0.05, 0.1) is 11.0 Å². The molecule has 1 heteroatoms. The molecule has 0 amide bonds. The molecular weight excluding hydrogens is 362 g/mol. The molecule has 0 saturated carbocycles. The van der Waals surface area contributed by atoms with Gasteiger partial charge in [0, 0.05) is 16.5 Å². The molecule has 30 heavy (non-hydrogen) atoms. The highest BCUT2D eigenvalue weighted by molar-refractivity contribution is 6.12.